The Morgan fingerprint density at radius 1 is 1.31 bits per heavy atom. The lowest BCUT2D eigenvalue weighted by Gasteiger charge is -2.27. The van der Waals surface area contributed by atoms with Crippen LogP contribution in [0.15, 0.2) is 16.2 Å². The number of nitrogens with zero attached hydrogens (tertiary/aromatic N) is 6. The number of hydrogen-bond donors (Lipinski definition) is 6. The van der Waals surface area contributed by atoms with Gasteiger partial charge in [-0.1, -0.05) is 5.11 Å². The Bertz CT molecular complexity index is 1390. The summed E-state index contributed by atoms with van der Waals surface area (Å²) in [4.78, 5) is 60.3. The zero-order chi connectivity index (χ0) is 26.4. The molecule has 2 aromatic rings. The number of azide groups is 1. The van der Waals surface area contributed by atoms with E-state index in [0.717, 1.165) is 10.9 Å². The smallest absolute Gasteiger partial charge is 0.387 e. The zero-order valence-corrected chi connectivity index (χ0v) is 19.6. The van der Waals surface area contributed by atoms with Gasteiger partial charge in [0.2, 0.25) is 5.72 Å². The van der Waals surface area contributed by atoms with Gasteiger partial charge >= 0.3 is 23.5 Å². The van der Waals surface area contributed by atoms with Crippen LogP contribution < -0.4 is 5.56 Å². The Morgan fingerprint density at radius 3 is 2.57 bits per heavy atom. The van der Waals surface area contributed by atoms with Gasteiger partial charge in [0, 0.05) is 4.91 Å². The number of imidazole rings is 1. The summed E-state index contributed by atoms with van der Waals surface area (Å²) in [7, 11) is -17.3. The van der Waals surface area contributed by atoms with Crippen LogP contribution in [0.2, 0.25) is 0 Å². The molecule has 0 radical (unpaired) electrons. The average Bonchev–Trinajstić information content (AvgIpc) is 3.19. The number of rotatable bonds is 9. The summed E-state index contributed by atoms with van der Waals surface area (Å²) in [5.74, 6) is 0.104. The van der Waals surface area contributed by atoms with Crippen LogP contribution in [0.1, 0.15) is 12.1 Å². The number of ether oxygens (including phenoxy) is 1. The van der Waals surface area contributed by atoms with Crippen LogP contribution >= 0.6 is 23.5 Å². The molecule has 3 heterocycles. The van der Waals surface area contributed by atoms with E-state index in [1.807, 2.05) is 0 Å². The average molecular weight is 565 g/mol. The molecule has 35 heavy (non-hydrogen) atoms. The van der Waals surface area contributed by atoms with Gasteiger partial charge in [-0.25, -0.2) is 28.1 Å². The molecular formula is C11H15FN7O13P3. The number of aliphatic hydroxyl groups is 1. The van der Waals surface area contributed by atoms with Crippen molar-refractivity contribution in [2.75, 3.05) is 6.61 Å². The highest BCUT2D eigenvalue weighted by atomic mass is 31.3. The molecule has 1 fully saturated rings. The highest BCUT2D eigenvalue weighted by Crippen LogP contribution is 2.66. The van der Waals surface area contributed by atoms with Crippen molar-refractivity contribution in [3.63, 3.8) is 0 Å². The number of H-pyrrole nitrogens is 1. The Hall–Kier alpha value is -2.08. The molecule has 3 rings (SSSR count). The van der Waals surface area contributed by atoms with E-state index < -0.39 is 59.9 Å². The molecule has 194 valence electrons. The quantitative estimate of drug-likeness (QED) is 0.101. The highest BCUT2D eigenvalue weighted by Gasteiger charge is 2.57. The number of fused-ring (bicyclic) bond motifs is 1. The molecule has 2 aromatic heterocycles. The zero-order valence-electron chi connectivity index (χ0n) is 16.9. The van der Waals surface area contributed by atoms with Crippen LogP contribution in [0.25, 0.3) is 21.6 Å². The summed E-state index contributed by atoms with van der Waals surface area (Å²) >= 11 is 0. The fourth-order valence-electron chi connectivity index (χ4n) is 2.96. The van der Waals surface area contributed by atoms with Crippen molar-refractivity contribution in [3.05, 3.63) is 32.9 Å². The third kappa shape index (κ3) is 6.02. The van der Waals surface area contributed by atoms with Gasteiger partial charge in [0.25, 0.3) is 5.56 Å². The lowest BCUT2D eigenvalue weighted by Crippen LogP contribution is -2.44. The molecule has 1 aliphatic rings. The van der Waals surface area contributed by atoms with Crippen molar-refractivity contribution in [2.45, 2.75) is 31.2 Å². The highest BCUT2D eigenvalue weighted by molar-refractivity contribution is 7.66. The van der Waals surface area contributed by atoms with Gasteiger partial charge in [-0.2, -0.15) is 8.62 Å². The number of halogens is 1. The molecule has 6 atom stereocenters. The SMILES string of the molecule is Cc1nc2c(ncn2[C@@H]2O[C@@](COP(=O)(O)OP(=O)(O)OP(=O)(O)O)(N=[N+]=[N-])[C@@H](O)[C@H]2F)c(=O)[nH]1. The minimum atomic E-state index is -5.89. The third-order valence-corrected chi connectivity index (χ3v) is 8.03. The van der Waals surface area contributed by atoms with Crippen molar-refractivity contribution in [3.8, 4) is 0 Å². The number of nitrogens with one attached hydrogen (secondary N) is 1. The molecule has 20 nitrogen and oxygen atoms in total. The summed E-state index contributed by atoms with van der Waals surface area (Å²) in [5, 5.41) is 13.4. The first-order valence-electron chi connectivity index (χ1n) is 8.77. The van der Waals surface area contributed by atoms with Gasteiger partial charge in [-0.3, -0.25) is 13.9 Å². The van der Waals surface area contributed by atoms with Crippen LogP contribution in [0, 0.1) is 6.92 Å². The number of phosphoric ester groups is 1. The molecule has 0 amide bonds. The van der Waals surface area contributed by atoms with Crippen molar-refractivity contribution < 1.29 is 60.6 Å². The normalized spacial score (nSPS) is 28.4. The first-order chi connectivity index (χ1) is 16.0. The van der Waals surface area contributed by atoms with E-state index in [1.54, 1.807) is 0 Å². The monoisotopic (exact) mass is 565 g/mol. The van der Waals surface area contributed by atoms with E-state index in [2.05, 4.69) is 38.1 Å². The van der Waals surface area contributed by atoms with Gasteiger partial charge in [-0.05, 0) is 12.5 Å². The maximum Gasteiger partial charge on any atom is 0.490 e. The molecule has 1 saturated heterocycles. The van der Waals surface area contributed by atoms with E-state index in [4.69, 9.17) is 20.1 Å². The summed E-state index contributed by atoms with van der Waals surface area (Å²) in [6, 6.07) is 0. The Balaban J connectivity index is 1.89. The molecule has 0 spiro atoms. The number of phosphoric acid groups is 3. The lowest BCUT2D eigenvalue weighted by molar-refractivity contribution is -0.120. The number of aromatic amines is 1. The third-order valence-electron chi connectivity index (χ3n) is 4.25. The number of aliphatic hydroxyl groups excluding tert-OH is 1. The maximum absolute atomic E-state index is 15.0. The van der Waals surface area contributed by atoms with Crippen LogP contribution in [0.5, 0.6) is 0 Å². The summed E-state index contributed by atoms with van der Waals surface area (Å²) in [6.07, 6.45) is -5.79. The van der Waals surface area contributed by atoms with Crippen molar-refractivity contribution >= 4 is 34.6 Å². The van der Waals surface area contributed by atoms with Crippen LogP contribution in [-0.4, -0.2) is 68.8 Å². The van der Waals surface area contributed by atoms with Gasteiger partial charge in [-0.15, -0.1) is 0 Å². The molecule has 0 aliphatic carbocycles. The predicted octanol–water partition coefficient (Wildman–Crippen LogP) is 0.00572. The van der Waals surface area contributed by atoms with E-state index >= 15 is 4.39 Å². The van der Waals surface area contributed by atoms with Crippen molar-refractivity contribution in [2.24, 2.45) is 5.11 Å². The summed E-state index contributed by atoms with van der Waals surface area (Å²) in [5.41, 5.74) is 4.94. The standard InChI is InChI=1S/C11H15FN7O13P3/c1-4-15-8-6(9(21)16-4)14-3-19(8)10-5(12)7(20)11(30-10,17-18-13)2-29-34(25,26)32-35(27,28)31-33(22,23)24/h3,5,7,10,20H,2H2,1H3,(H,25,26)(H,27,28)(H,15,16,21)(H2,22,23,24)/t5-,7+,10-,11-/m1/s1. The molecule has 0 aromatic carbocycles. The molecule has 6 N–H and O–H groups in total. The molecular weight excluding hydrogens is 550 g/mol. The van der Waals surface area contributed by atoms with E-state index in [9.17, 15) is 33.4 Å². The molecule has 2 unspecified atom stereocenters. The number of alkyl halides is 1. The van der Waals surface area contributed by atoms with Crippen LogP contribution in [0.3, 0.4) is 0 Å². The lowest BCUT2D eigenvalue weighted by atomic mass is 10.1. The van der Waals surface area contributed by atoms with Gasteiger partial charge in [0.05, 0.1) is 12.9 Å². The second kappa shape index (κ2) is 9.42. The predicted molar refractivity (Wildman–Crippen MR) is 106 cm³/mol. The second-order valence-electron chi connectivity index (χ2n) is 6.77. The van der Waals surface area contributed by atoms with Crippen LogP contribution in [-0.2, 0) is 31.6 Å². The number of aromatic nitrogens is 4. The second-order valence-corrected chi connectivity index (χ2v) is 11.2. The van der Waals surface area contributed by atoms with E-state index in [-0.39, 0.29) is 17.0 Å². The van der Waals surface area contributed by atoms with Gasteiger partial charge in [0.1, 0.15) is 11.9 Å². The molecule has 0 saturated carbocycles. The molecule has 1 aliphatic heterocycles. The largest absolute Gasteiger partial charge is 0.490 e. The topological polar surface area (TPSA) is 302 Å². The summed E-state index contributed by atoms with van der Waals surface area (Å²) in [6.45, 7) is -0.0824. The minimum Gasteiger partial charge on any atom is -0.387 e. The minimum absolute atomic E-state index is 0.104. The maximum atomic E-state index is 15.0. The molecule has 24 heteroatoms. The van der Waals surface area contributed by atoms with Crippen LogP contribution in [0.4, 0.5) is 4.39 Å². The van der Waals surface area contributed by atoms with E-state index in [1.165, 1.54) is 6.92 Å². The number of aryl methyl sites for hydroxylation is 1. The molecule has 0 bridgehead atoms. The Labute approximate surface area is 191 Å². The number of hydrogen-bond acceptors (Lipinski definition) is 12. The fraction of sp³-hybridized carbons (Fsp3) is 0.545. The van der Waals surface area contributed by atoms with Crippen molar-refractivity contribution in [1.29, 1.82) is 0 Å². The Morgan fingerprint density at radius 2 is 1.97 bits per heavy atom. The van der Waals surface area contributed by atoms with Crippen molar-refractivity contribution in [1.82, 2.24) is 19.5 Å². The first kappa shape index (κ1) is 27.5. The first-order valence-corrected chi connectivity index (χ1v) is 13.3. The van der Waals surface area contributed by atoms with Gasteiger partial charge < -0.3 is 34.4 Å². The summed E-state index contributed by atoms with van der Waals surface area (Å²) < 4.78 is 66.7. The van der Waals surface area contributed by atoms with Gasteiger partial charge in [0.15, 0.2) is 23.6 Å². The Kier molecular flexibility index (Phi) is 7.40. The van der Waals surface area contributed by atoms with E-state index in [0.29, 0.717) is 0 Å². The fourth-order valence-corrected chi connectivity index (χ4v) is 6.01.